The van der Waals surface area contributed by atoms with Crippen LogP contribution in [0.15, 0.2) is 53.4 Å². The third-order valence-corrected chi connectivity index (χ3v) is 5.25. The highest BCUT2D eigenvalue weighted by molar-refractivity contribution is 7.89. The summed E-state index contributed by atoms with van der Waals surface area (Å²) in [5, 5.41) is 0. The van der Waals surface area contributed by atoms with Gasteiger partial charge in [0.1, 0.15) is 17.7 Å². The van der Waals surface area contributed by atoms with Crippen molar-refractivity contribution in [3.8, 4) is 0 Å². The Labute approximate surface area is 138 Å². The molecule has 1 atom stereocenters. The van der Waals surface area contributed by atoms with Crippen molar-refractivity contribution in [1.29, 1.82) is 0 Å². The van der Waals surface area contributed by atoms with E-state index in [0.717, 1.165) is 24.3 Å². The van der Waals surface area contributed by atoms with Gasteiger partial charge in [0.2, 0.25) is 15.9 Å². The summed E-state index contributed by atoms with van der Waals surface area (Å²) >= 11 is 0. The van der Waals surface area contributed by atoms with Gasteiger partial charge in [0, 0.05) is 12.2 Å². The molecule has 1 aliphatic rings. The Morgan fingerprint density at radius 2 is 1.50 bits per heavy atom. The van der Waals surface area contributed by atoms with E-state index < -0.39 is 33.6 Å². The molecule has 1 amide bonds. The first-order valence-corrected chi connectivity index (χ1v) is 8.70. The molecule has 0 aromatic heterocycles. The molecule has 0 unspecified atom stereocenters. The van der Waals surface area contributed by atoms with Crippen molar-refractivity contribution in [3.63, 3.8) is 0 Å². The molecule has 1 fully saturated rings. The topological polar surface area (TPSA) is 66.5 Å². The molecule has 0 bridgehead atoms. The van der Waals surface area contributed by atoms with E-state index in [0.29, 0.717) is 12.2 Å². The minimum atomic E-state index is -3.93. The van der Waals surface area contributed by atoms with Crippen molar-refractivity contribution >= 4 is 21.6 Å². The van der Waals surface area contributed by atoms with Crippen molar-refractivity contribution < 1.29 is 22.0 Å². The largest absolute Gasteiger partial charge is 0.311 e. The number of halogens is 2. The molecular weight excluding hydrogens is 338 g/mol. The Morgan fingerprint density at radius 1 is 0.958 bits per heavy atom. The lowest BCUT2D eigenvalue weighted by molar-refractivity contribution is -0.118. The van der Waals surface area contributed by atoms with Gasteiger partial charge in [-0.3, -0.25) is 4.79 Å². The number of amides is 1. The fraction of sp³-hybridized carbons (Fsp3) is 0.188. The van der Waals surface area contributed by atoms with Crippen molar-refractivity contribution in [1.82, 2.24) is 4.72 Å². The average molecular weight is 352 g/mol. The van der Waals surface area contributed by atoms with Crippen LogP contribution in [-0.2, 0) is 14.8 Å². The summed E-state index contributed by atoms with van der Waals surface area (Å²) in [5.74, 6) is -1.38. The van der Waals surface area contributed by atoms with Crippen molar-refractivity contribution in [2.24, 2.45) is 0 Å². The number of hydrogen-bond acceptors (Lipinski definition) is 3. The van der Waals surface area contributed by atoms with Crippen LogP contribution in [0.1, 0.15) is 6.42 Å². The Balaban J connectivity index is 1.76. The van der Waals surface area contributed by atoms with Gasteiger partial charge in [-0.15, -0.1) is 0 Å². The molecule has 24 heavy (non-hydrogen) atoms. The van der Waals surface area contributed by atoms with Crippen LogP contribution in [0.3, 0.4) is 0 Å². The molecule has 1 N–H and O–H groups in total. The second-order valence-electron chi connectivity index (χ2n) is 5.38. The number of hydrogen-bond donors (Lipinski definition) is 1. The van der Waals surface area contributed by atoms with Gasteiger partial charge in [-0.2, -0.15) is 4.72 Å². The van der Waals surface area contributed by atoms with Crippen molar-refractivity contribution in [2.75, 3.05) is 11.4 Å². The van der Waals surface area contributed by atoms with Crippen LogP contribution >= 0.6 is 0 Å². The van der Waals surface area contributed by atoms with Gasteiger partial charge in [0.25, 0.3) is 0 Å². The number of sulfonamides is 1. The maximum absolute atomic E-state index is 13.0. The first-order chi connectivity index (χ1) is 11.4. The molecule has 8 heteroatoms. The van der Waals surface area contributed by atoms with Gasteiger partial charge in [-0.25, -0.2) is 17.2 Å². The van der Waals surface area contributed by atoms with Gasteiger partial charge in [0.15, 0.2) is 0 Å². The molecule has 126 valence electrons. The summed E-state index contributed by atoms with van der Waals surface area (Å²) < 4.78 is 52.8. The quantitative estimate of drug-likeness (QED) is 0.916. The molecule has 0 radical (unpaired) electrons. The minimum absolute atomic E-state index is 0.114. The van der Waals surface area contributed by atoms with Crippen LogP contribution in [0.4, 0.5) is 14.5 Å². The van der Waals surface area contributed by atoms with E-state index in [4.69, 9.17) is 0 Å². The molecule has 0 aliphatic carbocycles. The summed E-state index contributed by atoms with van der Waals surface area (Å²) in [6.45, 7) is 0.321. The Morgan fingerprint density at radius 3 is 2.08 bits per heavy atom. The molecule has 0 saturated carbocycles. The predicted octanol–water partition coefficient (Wildman–Crippen LogP) is 2.05. The van der Waals surface area contributed by atoms with E-state index in [1.165, 1.54) is 29.2 Å². The summed E-state index contributed by atoms with van der Waals surface area (Å²) in [4.78, 5) is 13.7. The van der Waals surface area contributed by atoms with Crippen LogP contribution in [0.2, 0.25) is 0 Å². The Bertz CT molecular complexity index is 852. The molecule has 5 nitrogen and oxygen atoms in total. The second-order valence-corrected chi connectivity index (χ2v) is 7.10. The molecular formula is C16H14F2N2O3S. The fourth-order valence-corrected chi connectivity index (χ4v) is 3.76. The SMILES string of the molecule is O=C1[C@@H](NS(=O)(=O)c2ccc(F)cc2)CCN1c1ccc(F)cc1. The Hall–Kier alpha value is -2.32. The number of carbonyl (C=O) groups excluding carboxylic acids is 1. The molecule has 1 aliphatic heterocycles. The third kappa shape index (κ3) is 3.29. The normalized spacial score (nSPS) is 18.2. The lowest BCUT2D eigenvalue weighted by Crippen LogP contribution is -2.41. The number of benzene rings is 2. The van der Waals surface area contributed by atoms with Crippen LogP contribution in [0.25, 0.3) is 0 Å². The summed E-state index contributed by atoms with van der Waals surface area (Å²) in [6.07, 6.45) is 0.288. The van der Waals surface area contributed by atoms with Crippen molar-refractivity contribution in [2.45, 2.75) is 17.4 Å². The first kappa shape index (κ1) is 16.5. The fourth-order valence-electron chi connectivity index (χ4n) is 2.54. The second kappa shape index (κ2) is 6.29. The third-order valence-electron chi connectivity index (χ3n) is 3.77. The lowest BCUT2D eigenvalue weighted by atomic mass is 10.3. The number of rotatable bonds is 4. The zero-order valence-electron chi connectivity index (χ0n) is 12.4. The van der Waals surface area contributed by atoms with E-state index in [1.807, 2.05) is 0 Å². The first-order valence-electron chi connectivity index (χ1n) is 7.22. The van der Waals surface area contributed by atoms with E-state index in [2.05, 4.69) is 4.72 Å². The van der Waals surface area contributed by atoms with E-state index in [9.17, 15) is 22.0 Å². The van der Waals surface area contributed by atoms with E-state index >= 15 is 0 Å². The molecule has 2 aromatic rings. The van der Waals surface area contributed by atoms with Crippen LogP contribution in [-0.4, -0.2) is 26.9 Å². The molecule has 2 aromatic carbocycles. The van der Waals surface area contributed by atoms with E-state index in [1.54, 1.807) is 0 Å². The van der Waals surface area contributed by atoms with Gasteiger partial charge in [0.05, 0.1) is 4.90 Å². The molecule has 0 spiro atoms. The van der Waals surface area contributed by atoms with Crippen LogP contribution in [0.5, 0.6) is 0 Å². The van der Waals surface area contributed by atoms with Gasteiger partial charge in [-0.1, -0.05) is 0 Å². The summed E-state index contributed by atoms with van der Waals surface area (Å²) in [7, 11) is -3.93. The molecule has 1 saturated heterocycles. The standard InChI is InChI=1S/C16H14F2N2O3S/c17-11-1-5-13(6-2-11)20-10-9-15(16(20)21)19-24(22,23)14-7-3-12(18)4-8-14/h1-8,15,19H,9-10H2/t15-/m0/s1. The maximum Gasteiger partial charge on any atom is 0.245 e. The number of nitrogens with one attached hydrogen (secondary N) is 1. The highest BCUT2D eigenvalue weighted by Crippen LogP contribution is 2.23. The van der Waals surface area contributed by atoms with Crippen LogP contribution in [0, 0.1) is 11.6 Å². The number of nitrogens with zero attached hydrogens (tertiary/aromatic N) is 1. The smallest absolute Gasteiger partial charge is 0.245 e. The predicted molar refractivity (Wildman–Crippen MR) is 83.9 cm³/mol. The maximum atomic E-state index is 13.0. The zero-order valence-corrected chi connectivity index (χ0v) is 13.3. The summed E-state index contributed by atoms with van der Waals surface area (Å²) in [6, 6.07) is 8.82. The monoisotopic (exact) mass is 352 g/mol. The van der Waals surface area contributed by atoms with Crippen molar-refractivity contribution in [3.05, 3.63) is 60.2 Å². The number of carbonyl (C=O) groups is 1. The minimum Gasteiger partial charge on any atom is -0.311 e. The number of anilines is 1. The zero-order chi connectivity index (χ0) is 17.3. The van der Waals surface area contributed by atoms with E-state index in [-0.39, 0.29) is 11.3 Å². The highest BCUT2D eigenvalue weighted by Gasteiger charge is 2.35. The van der Waals surface area contributed by atoms with Crippen LogP contribution < -0.4 is 9.62 Å². The lowest BCUT2D eigenvalue weighted by Gasteiger charge is -2.17. The van der Waals surface area contributed by atoms with Gasteiger partial charge < -0.3 is 4.90 Å². The van der Waals surface area contributed by atoms with Gasteiger partial charge in [-0.05, 0) is 55.0 Å². The summed E-state index contributed by atoms with van der Waals surface area (Å²) in [5.41, 5.74) is 0.505. The highest BCUT2D eigenvalue weighted by atomic mass is 32.2. The Kier molecular flexibility index (Phi) is 4.33. The average Bonchev–Trinajstić information content (AvgIpc) is 2.89. The molecule has 1 heterocycles. The van der Waals surface area contributed by atoms with Gasteiger partial charge >= 0.3 is 0 Å². The molecule has 3 rings (SSSR count).